The smallest absolute Gasteiger partial charge is 0.137 e. The highest BCUT2D eigenvalue weighted by Gasteiger charge is 2.29. The van der Waals surface area contributed by atoms with Gasteiger partial charge >= 0.3 is 0 Å². The summed E-state index contributed by atoms with van der Waals surface area (Å²) in [6.45, 7) is 2.79. The summed E-state index contributed by atoms with van der Waals surface area (Å²) in [6.07, 6.45) is 2.46. The second-order valence-corrected chi connectivity index (χ2v) is 4.87. The zero-order valence-corrected chi connectivity index (χ0v) is 10.8. The highest BCUT2D eigenvalue weighted by molar-refractivity contribution is 9.10. The van der Waals surface area contributed by atoms with Crippen LogP contribution in [0.1, 0.15) is 19.8 Å². The van der Waals surface area contributed by atoms with Crippen molar-refractivity contribution in [1.29, 1.82) is 0 Å². The normalized spacial score (nSPS) is 23.9. The van der Waals surface area contributed by atoms with Crippen LogP contribution in [0.4, 0.5) is 10.1 Å². The maximum Gasteiger partial charge on any atom is 0.137 e. The first-order chi connectivity index (χ1) is 7.69. The number of rotatable bonds is 4. The van der Waals surface area contributed by atoms with Crippen LogP contribution in [0.2, 0.25) is 0 Å². The first kappa shape index (κ1) is 11.9. The quantitative estimate of drug-likeness (QED) is 0.914. The van der Waals surface area contributed by atoms with Crippen molar-refractivity contribution in [2.45, 2.75) is 31.9 Å². The molecule has 0 unspecified atom stereocenters. The van der Waals surface area contributed by atoms with E-state index < -0.39 is 0 Å². The zero-order valence-electron chi connectivity index (χ0n) is 9.17. The van der Waals surface area contributed by atoms with Crippen LogP contribution in [0.3, 0.4) is 0 Å². The first-order valence-electron chi connectivity index (χ1n) is 5.52. The van der Waals surface area contributed by atoms with Gasteiger partial charge in [0.05, 0.1) is 10.6 Å². The molecule has 1 aromatic rings. The lowest BCUT2D eigenvalue weighted by atomic mass is 9.89. The van der Waals surface area contributed by atoms with Gasteiger partial charge in [-0.25, -0.2) is 4.39 Å². The Bertz CT molecular complexity index is 366. The summed E-state index contributed by atoms with van der Waals surface area (Å²) in [5, 5.41) is 3.36. The third-order valence-electron chi connectivity index (χ3n) is 2.79. The number of nitrogens with one attached hydrogen (secondary N) is 1. The zero-order chi connectivity index (χ0) is 11.5. The summed E-state index contributed by atoms with van der Waals surface area (Å²) >= 11 is 3.17. The molecule has 1 aromatic carbocycles. The standard InChI is InChI=1S/C12H15BrFNO/c1-2-16-10-5-9(6-10)15-8-3-4-12(14)11(13)7-8/h3-4,7,9-10,15H,2,5-6H2,1H3. The van der Waals surface area contributed by atoms with Crippen LogP contribution in [0.15, 0.2) is 22.7 Å². The van der Waals surface area contributed by atoms with Crippen LogP contribution in [-0.2, 0) is 4.74 Å². The minimum absolute atomic E-state index is 0.230. The highest BCUT2D eigenvalue weighted by Crippen LogP contribution is 2.28. The Kier molecular flexibility index (Phi) is 3.82. The van der Waals surface area contributed by atoms with Gasteiger partial charge < -0.3 is 10.1 Å². The Labute approximate surface area is 103 Å². The number of hydrogen-bond donors (Lipinski definition) is 1. The van der Waals surface area contributed by atoms with E-state index in [2.05, 4.69) is 21.2 Å². The summed E-state index contributed by atoms with van der Waals surface area (Å²) < 4.78 is 19.0. The van der Waals surface area contributed by atoms with Gasteiger partial charge in [-0.15, -0.1) is 0 Å². The monoisotopic (exact) mass is 287 g/mol. The Morgan fingerprint density at radius 3 is 2.88 bits per heavy atom. The largest absolute Gasteiger partial charge is 0.382 e. The predicted octanol–water partition coefficient (Wildman–Crippen LogP) is 3.57. The molecule has 1 fully saturated rings. The molecule has 0 aliphatic heterocycles. The molecule has 4 heteroatoms. The molecule has 1 saturated carbocycles. The van der Waals surface area contributed by atoms with Crippen LogP contribution in [0.25, 0.3) is 0 Å². The van der Waals surface area contributed by atoms with Gasteiger partial charge in [0.15, 0.2) is 0 Å². The van der Waals surface area contributed by atoms with Crippen molar-refractivity contribution in [2.75, 3.05) is 11.9 Å². The Morgan fingerprint density at radius 2 is 2.25 bits per heavy atom. The number of hydrogen-bond acceptors (Lipinski definition) is 2. The van der Waals surface area contributed by atoms with Crippen molar-refractivity contribution in [3.8, 4) is 0 Å². The molecule has 1 N–H and O–H groups in total. The third kappa shape index (κ3) is 2.74. The van der Waals surface area contributed by atoms with Crippen molar-refractivity contribution >= 4 is 21.6 Å². The summed E-state index contributed by atoms with van der Waals surface area (Å²) in [5.41, 5.74) is 0.952. The van der Waals surface area contributed by atoms with Gasteiger partial charge in [0.25, 0.3) is 0 Å². The topological polar surface area (TPSA) is 21.3 Å². The van der Waals surface area contributed by atoms with E-state index in [4.69, 9.17) is 4.74 Å². The molecule has 2 nitrogen and oxygen atoms in total. The molecule has 0 radical (unpaired) electrons. The molecule has 16 heavy (non-hydrogen) atoms. The van der Waals surface area contributed by atoms with Crippen molar-refractivity contribution in [1.82, 2.24) is 0 Å². The second-order valence-electron chi connectivity index (χ2n) is 4.02. The van der Waals surface area contributed by atoms with E-state index in [0.717, 1.165) is 25.1 Å². The van der Waals surface area contributed by atoms with Gasteiger partial charge in [0.1, 0.15) is 5.82 Å². The average molecular weight is 288 g/mol. The van der Waals surface area contributed by atoms with Gasteiger partial charge in [0.2, 0.25) is 0 Å². The molecule has 2 rings (SSSR count). The summed E-state index contributed by atoms with van der Waals surface area (Å²) in [4.78, 5) is 0. The minimum atomic E-state index is -0.230. The molecular weight excluding hydrogens is 273 g/mol. The van der Waals surface area contributed by atoms with Gasteiger partial charge in [-0.05, 0) is 53.9 Å². The predicted molar refractivity (Wildman–Crippen MR) is 66.2 cm³/mol. The lowest BCUT2D eigenvalue weighted by Gasteiger charge is -2.36. The van der Waals surface area contributed by atoms with E-state index in [0.29, 0.717) is 16.6 Å². The fourth-order valence-electron chi connectivity index (χ4n) is 1.88. The fourth-order valence-corrected chi connectivity index (χ4v) is 2.26. The van der Waals surface area contributed by atoms with E-state index in [1.165, 1.54) is 6.07 Å². The lowest BCUT2D eigenvalue weighted by molar-refractivity contribution is 0.00299. The van der Waals surface area contributed by atoms with E-state index in [1.807, 2.05) is 6.92 Å². The molecule has 0 spiro atoms. The molecule has 1 aliphatic rings. The van der Waals surface area contributed by atoms with Crippen LogP contribution < -0.4 is 5.32 Å². The lowest BCUT2D eigenvalue weighted by Crippen LogP contribution is -2.40. The maximum atomic E-state index is 13.0. The van der Waals surface area contributed by atoms with Crippen LogP contribution in [-0.4, -0.2) is 18.8 Å². The molecule has 0 heterocycles. The average Bonchev–Trinajstić information content (AvgIpc) is 2.20. The molecule has 0 aromatic heterocycles. The Hall–Kier alpha value is -0.610. The van der Waals surface area contributed by atoms with Gasteiger partial charge in [-0.2, -0.15) is 0 Å². The van der Waals surface area contributed by atoms with E-state index >= 15 is 0 Å². The molecule has 0 amide bonds. The number of benzene rings is 1. The van der Waals surface area contributed by atoms with Gasteiger partial charge in [0, 0.05) is 18.3 Å². The van der Waals surface area contributed by atoms with E-state index in [1.54, 1.807) is 12.1 Å². The van der Waals surface area contributed by atoms with Crippen molar-refractivity contribution in [2.24, 2.45) is 0 Å². The number of ether oxygens (including phenoxy) is 1. The summed E-state index contributed by atoms with van der Waals surface area (Å²) in [7, 11) is 0. The van der Waals surface area contributed by atoms with Crippen molar-refractivity contribution in [3.05, 3.63) is 28.5 Å². The molecule has 0 saturated heterocycles. The summed E-state index contributed by atoms with van der Waals surface area (Å²) in [6, 6.07) is 5.44. The maximum absolute atomic E-state index is 13.0. The summed E-state index contributed by atoms with van der Waals surface area (Å²) in [5.74, 6) is -0.230. The number of anilines is 1. The number of halogens is 2. The van der Waals surface area contributed by atoms with E-state index in [-0.39, 0.29) is 5.82 Å². The van der Waals surface area contributed by atoms with E-state index in [9.17, 15) is 4.39 Å². The molecular formula is C12H15BrFNO. The first-order valence-corrected chi connectivity index (χ1v) is 6.31. The SMILES string of the molecule is CCOC1CC(Nc2ccc(F)c(Br)c2)C1. The van der Waals surface area contributed by atoms with Gasteiger partial charge in [-0.1, -0.05) is 0 Å². The van der Waals surface area contributed by atoms with Crippen LogP contribution in [0, 0.1) is 5.82 Å². The fraction of sp³-hybridized carbons (Fsp3) is 0.500. The highest BCUT2D eigenvalue weighted by atomic mass is 79.9. The molecule has 88 valence electrons. The Balaban J connectivity index is 1.84. The molecule has 1 aliphatic carbocycles. The molecule has 0 bridgehead atoms. The van der Waals surface area contributed by atoms with Crippen molar-refractivity contribution < 1.29 is 9.13 Å². The minimum Gasteiger partial charge on any atom is -0.382 e. The second kappa shape index (κ2) is 5.15. The van der Waals surface area contributed by atoms with Gasteiger partial charge in [-0.3, -0.25) is 0 Å². The molecule has 0 atom stereocenters. The van der Waals surface area contributed by atoms with Crippen LogP contribution in [0.5, 0.6) is 0 Å². The Morgan fingerprint density at radius 1 is 1.50 bits per heavy atom. The van der Waals surface area contributed by atoms with Crippen molar-refractivity contribution in [3.63, 3.8) is 0 Å². The van der Waals surface area contributed by atoms with Crippen LogP contribution >= 0.6 is 15.9 Å². The third-order valence-corrected chi connectivity index (χ3v) is 3.40.